The number of benzene rings is 1. The summed E-state index contributed by atoms with van der Waals surface area (Å²) < 4.78 is 29.2. The van der Waals surface area contributed by atoms with Gasteiger partial charge in [0.1, 0.15) is 11.6 Å². The molecular formula is C15H12F2N4O2. The van der Waals surface area contributed by atoms with Crippen molar-refractivity contribution >= 4 is 0 Å². The van der Waals surface area contributed by atoms with Crippen LogP contribution in [0.1, 0.15) is 6.92 Å². The Balaban J connectivity index is 2.38. The van der Waals surface area contributed by atoms with Crippen molar-refractivity contribution in [2.24, 2.45) is 7.05 Å². The second-order valence-corrected chi connectivity index (χ2v) is 4.97. The van der Waals surface area contributed by atoms with Crippen molar-refractivity contribution in [2.75, 3.05) is 0 Å². The molecular weight excluding hydrogens is 306 g/mol. The second kappa shape index (κ2) is 5.38. The molecule has 0 saturated heterocycles. The van der Waals surface area contributed by atoms with Crippen LogP contribution in [0.5, 0.6) is 0 Å². The van der Waals surface area contributed by atoms with Crippen LogP contribution in [0.25, 0.3) is 22.6 Å². The zero-order valence-corrected chi connectivity index (χ0v) is 12.4. The highest BCUT2D eigenvalue weighted by Gasteiger charge is 2.19. The Morgan fingerprint density at radius 2 is 1.87 bits per heavy atom. The minimum atomic E-state index is -0.787. The fraction of sp³-hybridized carbons (Fsp3) is 0.200. The summed E-state index contributed by atoms with van der Waals surface area (Å²) in [6.07, 6.45) is 0. The lowest BCUT2D eigenvalue weighted by Crippen LogP contribution is -2.36. The summed E-state index contributed by atoms with van der Waals surface area (Å²) in [6.45, 7) is 2.08. The first-order valence-corrected chi connectivity index (χ1v) is 6.86. The van der Waals surface area contributed by atoms with Crippen LogP contribution in [0.2, 0.25) is 0 Å². The van der Waals surface area contributed by atoms with E-state index in [4.69, 9.17) is 0 Å². The van der Waals surface area contributed by atoms with Gasteiger partial charge in [0.05, 0.1) is 11.3 Å². The number of hydrogen-bond acceptors (Lipinski definition) is 4. The van der Waals surface area contributed by atoms with Crippen LogP contribution < -0.4 is 11.2 Å². The molecule has 0 saturated carbocycles. The maximum atomic E-state index is 14.0. The molecule has 6 nitrogen and oxygen atoms in total. The molecule has 0 N–H and O–H groups in total. The molecule has 0 aromatic heterocycles. The van der Waals surface area contributed by atoms with Gasteiger partial charge >= 0.3 is 5.69 Å². The molecule has 8 heteroatoms. The maximum absolute atomic E-state index is 14.0. The van der Waals surface area contributed by atoms with Crippen molar-refractivity contribution in [3.8, 4) is 22.6 Å². The molecule has 118 valence electrons. The van der Waals surface area contributed by atoms with Gasteiger partial charge in [-0.05, 0) is 25.1 Å². The highest BCUT2D eigenvalue weighted by molar-refractivity contribution is 5.67. The molecule has 2 aliphatic heterocycles. The van der Waals surface area contributed by atoms with E-state index in [-0.39, 0.29) is 22.6 Å². The number of aromatic nitrogens is 4. The van der Waals surface area contributed by atoms with E-state index in [0.29, 0.717) is 6.54 Å². The van der Waals surface area contributed by atoms with Crippen LogP contribution in [0.4, 0.5) is 8.78 Å². The van der Waals surface area contributed by atoms with E-state index in [1.165, 1.54) is 23.9 Å². The van der Waals surface area contributed by atoms with E-state index in [1.807, 2.05) is 0 Å². The minimum Gasteiger partial charge on any atom is -0.268 e. The third kappa shape index (κ3) is 2.41. The Morgan fingerprint density at radius 1 is 1.13 bits per heavy atom. The number of hydrogen-bond donors (Lipinski definition) is 0. The fourth-order valence-electron chi connectivity index (χ4n) is 2.30. The molecule has 0 atom stereocenters. The van der Waals surface area contributed by atoms with Gasteiger partial charge in [-0.25, -0.2) is 18.3 Å². The molecule has 0 radical (unpaired) electrons. The summed E-state index contributed by atoms with van der Waals surface area (Å²) in [5.74, 6) is -1.36. The van der Waals surface area contributed by atoms with Gasteiger partial charge in [-0.3, -0.25) is 9.36 Å². The smallest absolute Gasteiger partial charge is 0.268 e. The molecule has 1 aromatic rings. The highest BCUT2D eigenvalue weighted by Crippen LogP contribution is 2.25. The number of halogens is 2. The highest BCUT2D eigenvalue weighted by atomic mass is 19.1. The molecule has 0 fully saturated rings. The van der Waals surface area contributed by atoms with Crippen LogP contribution in [-0.4, -0.2) is 19.3 Å². The minimum absolute atomic E-state index is 0.0590. The second-order valence-electron chi connectivity index (χ2n) is 4.97. The normalized spacial score (nSPS) is 11.1. The van der Waals surface area contributed by atoms with Gasteiger partial charge in [0.2, 0.25) is 0 Å². The van der Waals surface area contributed by atoms with Crippen LogP contribution in [0.15, 0.2) is 33.9 Å². The number of nitrogens with zero attached hydrogens (tertiary/aromatic N) is 4. The van der Waals surface area contributed by atoms with Crippen molar-refractivity contribution in [1.29, 1.82) is 0 Å². The van der Waals surface area contributed by atoms with E-state index in [2.05, 4.69) is 10.1 Å². The Kier molecular flexibility index (Phi) is 3.51. The summed E-state index contributed by atoms with van der Waals surface area (Å²) in [4.78, 5) is 27.8. The molecule has 0 aliphatic carbocycles. The lowest BCUT2D eigenvalue weighted by molar-refractivity contribution is 0.582. The van der Waals surface area contributed by atoms with Crippen molar-refractivity contribution in [2.45, 2.75) is 13.5 Å². The zero-order valence-electron chi connectivity index (χ0n) is 12.4. The number of aryl methyl sites for hydroxylation is 1. The molecule has 2 heterocycles. The molecule has 23 heavy (non-hydrogen) atoms. The van der Waals surface area contributed by atoms with Gasteiger partial charge in [0.25, 0.3) is 5.56 Å². The van der Waals surface area contributed by atoms with Gasteiger partial charge in [-0.1, -0.05) is 0 Å². The molecule has 0 spiro atoms. The Morgan fingerprint density at radius 3 is 2.52 bits per heavy atom. The zero-order chi connectivity index (χ0) is 16.7. The molecule has 1 aromatic carbocycles. The average Bonchev–Trinajstić information content (AvgIpc) is 2.52. The van der Waals surface area contributed by atoms with Crippen molar-refractivity contribution in [3.05, 3.63) is 56.7 Å². The predicted octanol–water partition coefficient (Wildman–Crippen LogP) is 1.41. The SMILES string of the molecule is CCn1nc(-c2ccc(F)cc2F)cc2c(=O)n(C)c(=O)nc1-2. The van der Waals surface area contributed by atoms with Gasteiger partial charge in [0, 0.05) is 25.2 Å². The standard InChI is InChI=1S/C15H12F2N4O2/c1-3-21-13-10(14(22)20(2)15(23)18-13)7-12(19-21)9-5-4-8(16)6-11(9)17/h4-7H,3H2,1-2H3. The fourth-order valence-corrected chi connectivity index (χ4v) is 2.30. The monoisotopic (exact) mass is 318 g/mol. The largest absolute Gasteiger partial charge is 0.352 e. The van der Waals surface area contributed by atoms with E-state index in [9.17, 15) is 18.4 Å². The maximum Gasteiger partial charge on any atom is 0.352 e. The summed E-state index contributed by atoms with van der Waals surface area (Å²) >= 11 is 0. The molecule has 0 bridgehead atoms. The topological polar surface area (TPSA) is 69.8 Å². The first-order chi connectivity index (χ1) is 10.9. The van der Waals surface area contributed by atoms with Crippen molar-refractivity contribution in [1.82, 2.24) is 19.3 Å². The average molecular weight is 318 g/mol. The van der Waals surface area contributed by atoms with Crippen LogP contribution in [-0.2, 0) is 13.6 Å². The van der Waals surface area contributed by atoms with E-state index in [0.717, 1.165) is 16.7 Å². The lowest BCUT2D eigenvalue weighted by atomic mass is 10.1. The Bertz CT molecular complexity index is 994. The van der Waals surface area contributed by atoms with E-state index in [1.54, 1.807) is 6.92 Å². The summed E-state index contributed by atoms with van der Waals surface area (Å²) in [5, 5.41) is 4.20. The first-order valence-electron chi connectivity index (χ1n) is 6.86. The van der Waals surface area contributed by atoms with E-state index < -0.39 is 22.9 Å². The third-order valence-corrected chi connectivity index (χ3v) is 3.53. The quantitative estimate of drug-likeness (QED) is 0.716. The van der Waals surface area contributed by atoms with Gasteiger partial charge in [-0.2, -0.15) is 10.1 Å². The number of fused-ring (bicyclic) bond motifs is 1. The van der Waals surface area contributed by atoms with Crippen LogP contribution in [0, 0.1) is 11.6 Å². The number of rotatable bonds is 2. The van der Waals surface area contributed by atoms with Crippen LogP contribution in [0.3, 0.4) is 0 Å². The van der Waals surface area contributed by atoms with Gasteiger partial charge < -0.3 is 0 Å². The van der Waals surface area contributed by atoms with Gasteiger partial charge in [-0.15, -0.1) is 0 Å². The Labute approximate surface area is 129 Å². The van der Waals surface area contributed by atoms with Crippen LogP contribution >= 0.6 is 0 Å². The Hall–Kier alpha value is -2.90. The third-order valence-electron chi connectivity index (χ3n) is 3.53. The van der Waals surface area contributed by atoms with Gasteiger partial charge in [0.15, 0.2) is 5.82 Å². The molecule has 0 unspecified atom stereocenters. The summed E-state index contributed by atoms with van der Waals surface area (Å²) in [7, 11) is 1.31. The predicted molar refractivity (Wildman–Crippen MR) is 79.2 cm³/mol. The molecule has 3 rings (SSSR count). The summed E-state index contributed by atoms with van der Waals surface area (Å²) in [5.41, 5.74) is -0.874. The first kappa shape index (κ1) is 15.0. The molecule has 2 aliphatic rings. The molecule has 0 amide bonds. The van der Waals surface area contributed by atoms with Crippen molar-refractivity contribution in [3.63, 3.8) is 0 Å². The van der Waals surface area contributed by atoms with E-state index >= 15 is 0 Å². The summed E-state index contributed by atoms with van der Waals surface area (Å²) in [6, 6.07) is 4.46. The van der Waals surface area contributed by atoms with Crippen molar-refractivity contribution < 1.29 is 8.78 Å². The lowest BCUT2D eigenvalue weighted by Gasteiger charge is -2.14.